The Kier molecular flexibility index (Phi) is 3.99. The molecule has 0 aliphatic rings. The molecule has 1 heterocycles. The standard InChI is InChI=1S/C8H6F3NO3S/c1-14-7(13)6-5(3-2-4-12-6)15-16-8(9,10)11/h2-4H,1H3. The van der Waals surface area contributed by atoms with E-state index < -0.39 is 23.5 Å². The van der Waals surface area contributed by atoms with E-state index in [0.29, 0.717) is 0 Å². The van der Waals surface area contributed by atoms with Crippen LogP contribution in [-0.4, -0.2) is 23.6 Å². The van der Waals surface area contributed by atoms with Gasteiger partial charge in [-0.05, 0) is 12.1 Å². The summed E-state index contributed by atoms with van der Waals surface area (Å²) in [6, 6.07) is 2.54. The zero-order valence-electron chi connectivity index (χ0n) is 7.95. The molecule has 8 heteroatoms. The first-order valence-electron chi connectivity index (χ1n) is 3.90. The summed E-state index contributed by atoms with van der Waals surface area (Å²) in [7, 11) is 1.09. The van der Waals surface area contributed by atoms with Crippen molar-refractivity contribution < 1.29 is 26.9 Å². The van der Waals surface area contributed by atoms with Crippen LogP contribution in [0.25, 0.3) is 0 Å². The maximum atomic E-state index is 11.9. The second-order valence-electron chi connectivity index (χ2n) is 2.45. The van der Waals surface area contributed by atoms with Gasteiger partial charge >= 0.3 is 11.5 Å². The molecule has 0 spiro atoms. The van der Waals surface area contributed by atoms with Crippen LogP contribution in [-0.2, 0) is 4.74 Å². The minimum atomic E-state index is -4.55. The molecule has 88 valence electrons. The molecule has 0 unspecified atom stereocenters. The lowest BCUT2D eigenvalue weighted by Gasteiger charge is -2.08. The molecule has 1 rings (SSSR count). The minimum Gasteiger partial charge on any atom is -0.464 e. The summed E-state index contributed by atoms with van der Waals surface area (Å²) in [4.78, 5) is 14.7. The topological polar surface area (TPSA) is 48.4 Å². The molecule has 16 heavy (non-hydrogen) atoms. The number of rotatable bonds is 3. The van der Waals surface area contributed by atoms with E-state index in [0.717, 1.165) is 7.11 Å². The van der Waals surface area contributed by atoms with Crippen molar-refractivity contribution in [3.05, 3.63) is 24.0 Å². The molecular weight excluding hydrogens is 247 g/mol. The molecule has 0 atom stereocenters. The maximum Gasteiger partial charge on any atom is 0.479 e. The van der Waals surface area contributed by atoms with Gasteiger partial charge in [0.05, 0.1) is 7.11 Å². The first-order valence-corrected chi connectivity index (χ1v) is 4.64. The molecule has 0 N–H and O–H groups in total. The molecule has 1 aromatic heterocycles. The third-order valence-electron chi connectivity index (χ3n) is 1.38. The Bertz CT molecular complexity index is 383. The predicted octanol–water partition coefficient (Wildman–Crippen LogP) is 2.42. The lowest BCUT2D eigenvalue weighted by Crippen LogP contribution is -2.08. The number of aromatic nitrogens is 1. The molecule has 0 radical (unpaired) electrons. The number of carbonyl (C=O) groups is 1. The van der Waals surface area contributed by atoms with Crippen molar-refractivity contribution in [3.8, 4) is 5.75 Å². The molecule has 0 saturated carbocycles. The molecule has 0 aliphatic heterocycles. The minimum absolute atomic E-state index is 0.295. The van der Waals surface area contributed by atoms with Gasteiger partial charge in [-0.2, -0.15) is 13.2 Å². The fourth-order valence-corrected chi connectivity index (χ4v) is 1.12. The number of nitrogens with zero attached hydrogens (tertiary/aromatic N) is 1. The van der Waals surface area contributed by atoms with Crippen LogP contribution in [0.2, 0.25) is 0 Å². The molecule has 0 bridgehead atoms. The lowest BCUT2D eigenvalue weighted by atomic mass is 10.3. The highest BCUT2D eigenvalue weighted by atomic mass is 32.2. The average molecular weight is 253 g/mol. The van der Waals surface area contributed by atoms with Gasteiger partial charge in [0.15, 0.2) is 23.5 Å². The number of ether oxygens (including phenoxy) is 1. The fourth-order valence-electron chi connectivity index (χ4n) is 0.800. The summed E-state index contributed by atoms with van der Waals surface area (Å²) in [5.41, 5.74) is -4.86. The number of pyridine rings is 1. The van der Waals surface area contributed by atoms with Gasteiger partial charge in [0.25, 0.3) is 0 Å². The van der Waals surface area contributed by atoms with Gasteiger partial charge in [0.1, 0.15) is 0 Å². The largest absolute Gasteiger partial charge is 0.479 e. The van der Waals surface area contributed by atoms with Gasteiger partial charge in [-0.25, -0.2) is 9.78 Å². The summed E-state index contributed by atoms with van der Waals surface area (Å²) >= 11 is -0.719. The monoisotopic (exact) mass is 253 g/mol. The van der Waals surface area contributed by atoms with Gasteiger partial charge in [-0.15, -0.1) is 0 Å². The first-order chi connectivity index (χ1) is 7.44. The van der Waals surface area contributed by atoms with Crippen molar-refractivity contribution >= 4 is 18.0 Å². The van der Waals surface area contributed by atoms with Crippen LogP contribution in [0.15, 0.2) is 18.3 Å². The Morgan fingerprint density at radius 1 is 1.50 bits per heavy atom. The summed E-state index contributed by atoms with van der Waals surface area (Å²) in [6.45, 7) is 0. The zero-order valence-corrected chi connectivity index (χ0v) is 8.76. The van der Waals surface area contributed by atoms with Crippen molar-refractivity contribution in [1.29, 1.82) is 0 Å². The molecule has 0 aliphatic carbocycles. The van der Waals surface area contributed by atoms with Crippen molar-refractivity contribution in [1.82, 2.24) is 4.98 Å². The quantitative estimate of drug-likeness (QED) is 0.611. The van der Waals surface area contributed by atoms with Crippen LogP contribution in [0.4, 0.5) is 13.2 Å². The van der Waals surface area contributed by atoms with E-state index in [-0.39, 0.29) is 11.4 Å². The van der Waals surface area contributed by atoms with E-state index in [4.69, 9.17) is 0 Å². The Balaban J connectivity index is 2.83. The Labute approximate surface area is 93.0 Å². The van der Waals surface area contributed by atoms with Crippen LogP contribution < -0.4 is 4.18 Å². The fraction of sp³-hybridized carbons (Fsp3) is 0.250. The third kappa shape index (κ3) is 3.61. The van der Waals surface area contributed by atoms with E-state index in [1.807, 2.05) is 0 Å². The highest BCUT2D eigenvalue weighted by molar-refractivity contribution is 7.95. The highest BCUT2D eigenvalue weighted by Gasteiger charge is 2.32. The Morgan fingerprint density at radius 3 is 2.75 bits per heavy atom. The molecule has 4 nitrogen and oxygen atoms in total. The second-order valence-corrected chi connectivity index (χ2v) is 3.25. The third-order valence-corrected chi connectivity index (χ3v) is 1.83. The molecule has 0 fully saturated rings. The van der Waals surface area contributed by atoms with Gasteiger partial charge in [0, 0.05) is 6.20 Å². The number of alkyl halides is 3. The maximum absolute atomic E-state index is 11.9. The van der Waals surface area contributed by atoms with Crippen molar-refractivity contribution in [3.63, 3.8) is 0 Å². The number of esters is 1. The predicted molar refractivity (Wildman–Crippen MR) is 49.9 cm³/mol. The van der Waals surface area contributed by atoms with Crippen LogP contribution in [0.3, 0.4) is 0 Å². The molecule has 1 aromatic rings. The normalized spacial score (nSPS) is 11.0. The average Bonchev–Trinajstić information content (AvgIpc) is 2.25. The summed E-state index contributed by atoms with van der Waals surface area (Å²) in [5, 5.41) is 0. The summed E-state index contributed by atoms with van der Waals surface area (Å²) in [5.74, 6) is -1.16. The summed E-state index contributed by atoms with van der Waals surface area (Å²) < 4.78 is 44.3. The zero-order chi connectivity index (χ0) is 12.2. The van der Waals surface area contributed by atoms with Gasteiger partial charge in [0.2, 0.25) is 0 Å². The lowest BCUT2D eigenvalue weighted by molar-refractivity contribution is -0.0370. The number of hydrogen-bond donors (Lipinski definition) is 0. The second kappa shape index (κ2) is 5.06. The van der Waals surface area contributed by atoms with E-state index >= 15 is 0 Å². The Morgan fingerprint density at radius 2 is 2.19 bits per heavy atom. The number of carbonyl (C=O) groups excluding carboxylic acids is 1. The van der Waals surface area contributed by atoms with Gasteiger partial charge in [-0.3, -0.25) is 0 Å². The number of hydrogen-bond acceptors (Lipinski definition) is 5. The smallest absolute Gasteiger partial charge is 0.464 e. The van der Waals surface area contributed by atoms with Crippen molar-refractivity contribution in [2.45, 2.75) is 5.51 Å². The Hall–Kier alpha value is -1.44. The van der Waals surface area contributed by atoms with Crippen LogP contribution in [0, 0.1) is 0 Å². The van der Waals surface area contributed by atoms with Crippen LogP contribution in [0.5, 0.6) is 5.75 Å². The molecule has 0 aromatic carbocycles. The number of halogens is 3. The van der Waals surface area contributed by atoms with Crippen LogP contribution in [0.1, 0.15) is 10.5 Å². The van der Waals surface area contributed by atoms with E-state index in [1.165, 1.54) is 18.3 Å². The van der Waals surface area contributed by atoms with Crippen LogP contribution >= 0.6 is 12.0 Å². The molecule has 0 saturated heterocycles. The van der Waals surface area contributed by atoms with E-state index in [1.54, 1.807) is 0 Å². The van der Waals surface area contributed by atoms with E-state index in [9.17, 15) is 18.0 Å². The van der Waals surface area contributed by atoms with Crippen molar-refractivity contribution in [2.24, 2.45) is 0 Å². The first kappa shape index (κ1) is 12.6. The van der Waals surface area contributed by atoms with E-state index in [2.05, 4.69) is 13.9 Å². The summed E-state index contributed by atoms with van der Waals surface area (Å²) in [6.07, 6.45) is 1.25. The van der Waals surface area contributed by atoms with Crippen molar-refractivity contribution in [2.75, 3.05) is 7.11 Å². The highest BCUT2D eigenvalue weighted by Crippen LogP contribution is 2.33. The number of methoxy groups -OCH3 is 1. The SMILES string of the molecule is COC(=O)c1ncccc1OSC(F)(F)F. The van der Waals surface area contributed by atoms with Gasteiger partial charge < -0.3 is 8.92 Å². The molecular formula is C8H6F3NO3S. The van der Waals surface area contributed by atoms with Gasteiger partial charge in [-0.1, -0.05) is 0 Å². The molecule has 0 amide bonds.